The van der Waals surface area contributed by atoms with E-state index in [4.69, 9.17) is 16.7 Å². The van der Waals surface area contributed by atoms with Crippen molar-refractivity contribution in [2.45, 2.75) is 14.4 Å². The number of nitrogens with zero attached hydrogens (tertiary/aromatic N) is 2. The molecule has 0 amide bonds. The Labute approximate surface area is 127 Å². The first-order valence-electron chi connectivity index (χ1n) is 5.19. The second kappa shape index (κ2) is 7.14. The SMILES string of the molecule is O=C(O)CSc1nnc(SCc2ccc(Cl)cc2)s1. The van der Waals surface area contributed by atoms with Crippen molar-refractivity contribution < 1.29 is 9.90 Å². The van der Waals surface area contributed by atoms with E-state index in [0.29, 0.717) is 4.34 Å². The Bertz CT molecular complexity index is 559. The maximum atomic E-state index is 10.4. The summed E-state index contributed by atoms with van der Waals surface area (Å²) in [4.78, 5) is 10.4. The van der Waals surface area contributed by atoms with E-state index in [1.807, 2.05) is 24.3 Å². The van der Waals surface area contributed by atoms with Crippen LogP contribution in [0.2, 0.25) is 5.02 Å². The van der Waals surface area contributed by atoms with Crippen molar-refractivity contribution in [3.05, 3.63) is 34.9 Å². The molecule has 0 saturated carbocycles. The fourth-order valence-corrected chi connectivity index (χ4v) is 3.99. The van der Waals surface area contributed by atoms with Gasteiger partial charge in [-0.1, -0.05) is 58.6 Å². The molecule has 0 atom stereocenters. The highest BCUT2D eigenvalue weighted by molar-refractivity contribution is 8.03. The molecular weight excluding hydrogens is 324 g/mol. The molecule has 0 radical (unpaired) electrons. The number of hydrogen-bond donors (Lipinski definition) is 1. The number of benzene rings is 1. The van der Waals surface area contributed by atoms with Crippen LogP contribution in [0.1, 0.15) is 5.56 Å². The second-order valence-electron chi connectivity index (χ2n) is 3.43. The van der Waals surface area contributed by atoms with Gasteiger partial charge in [0.2, 0.25) is 0 Å². The predicted octanol–water partition coefficient (Wildman–Crippen LogP) is 3.66. The van der Waals surface area contributed by atoms with Crippen LogP contribution in [0.5, 0.6) is 0 Å². The molecule has 4 nitrogen and oxygen atoms in total. The zero-order valence-corrected chi connectivity index (χ0v) is 12.8. The van der Waals surface area contributed by atoms with Crippen molar-refractivity contribution in [3.63, 3.8) is 0 Å². The lowest BCUT2D eigenvalue weighted by Gasteiger charge is -1.98. The van der Waals surface area contributed by atoms with Gasteiger partial charge in [0.25, 0.3) is 0 Å². The number of thioether (sulfide) groups is 2. The molecule has 0 unspecified atom stereocenters. The van der Waals surface area contributed by atoms with E-state index in [-0.39, 0.29) is 5.75 Å². The molecule has 100 valence electrons. The molecule has 8 heteroatoms. The van der Waals surface area contributed by atoms with Gasteiger partial charge in [-0.05, 0) is 17.7 Å². The highest BCUT2D eigenvalue weighted by Crippen LogP contribution is 2.30. The van der Waals surface area contributed by atoms with Crippen molar-refractivity contribution in [2.75, 3.05) is 5.75 Å². The van der Waals surface area contributed by atoms with Crippen LogP contribution in [0, 0.1) is 0 Å². The second-order valence-corrected chi connectivity index (χ2v) is 7.29. The van der Waals surface area contributed by atoms with Crippen molar-refractivity contribution >= 4 is 52.4 Å². The molecule has 0 aliphatic carbocycles. The van der Waals surface area contributed by atoms with Crippen LogP contribution in [0.4, 0.5) is 0 Å². The normalized spacial score (nSPS) is 10.6. The molecule has 1 aromatic heterocycles. The molecule has 2 rings (SSSR count). The van der Waals surface area contributed by atoms with Crippen LogP contribution in [0.15, 0.2) is 32.9 Å². The number of hydrogen-bond acceptors (Lipinski definition) is 6. The van der Waals surface area contributed by atoms with Crippen LogP contribution in [0.3, 0.4) is 0 Å². The monoisotopic (exact) mass is 332 g/mol. The van der Waals surface area contributed by atoms with E-state index in [0.717, 1.165) is 20.7 Å². The van der Waals surface area contributed by atoms with Gasteiger partial charge in [0, 0.05) is 10.8 Å². The topological polar surface area (TPSA) is 63.1 Å². The van der Waals surface area contributed by atoms with Crippen LogP contribution in [0.25, 0.3) is 0 Å². The Balaban J connectivity index is 1.86. The zero-order chi connectivity index (χ0) is 13.7. The Kier molecular flexibility index (Phi) is 5.50. The average Bonchev–Trinajstić information content (AvgIpc) is 2.84. The van der Waals surface area contributed by atoms with Crippen LogP contribution >= 0.6 is 46.5 Å². The molecule has 1 heterocycles. The van der Waals surface area contributed by atoms with Crippen LogP contribution in [-0.4, -0.2) is 27.0 Å². The quantitative estimate of drug-likeness (QED) is 0.814. The smallest absolute Gasteiger partial charge is 0.313 e. The van der Waals surface area contributed by atoms with Crippen molar-refractivity contribution in [3.8, 4) is 0 Å². The molecule has 0 bridgehead atoms. The maximum absolute atomic E-state index is 10.4. The minimum absolute atomic E-state index is 0.0104. The van der Waals surface area contributed by atoms with Gasteiger partial charge >= 0.3 is 5.97 Å². The Morgan fingerprint density at radius 3 is 2.47 bits per heavy atom. The number of carboxylic acid groups (broad SMARTS) is 1. The molecule has 0 spiro atoms. The van der Waals surface area contributed by atoms with Crippen molar-refractivity contribution in [2.24, 2.45) is 0 Å². The predicted molar refractivity (Wildman–Crippen MR) is 79.3 cm³/mol. The number of aliphatic carboxylic acids is 1. The summed E-state index contributed by atoms with van der Waals surface area (Å²) in [6.45, 7) is 0. The van der Waals surface area contributed by atoms with E-state index in [2.05, 4.69) is 10.2 Å². The Morgan fingerprint density at radius 1 is 1.21 bits per heavy atom. The summed E-state index contributed by atoms with van der Waals surface area (Å²) in [6.07, 6.45) is 0. The lowest BCUT2D eigenvalue weighted by atomic mass is 10.2. The largest absolute Gasteiger partial charge is 0.481 e. The number of carbonyl (C=O) groups is 1. The lowest BCUT2D eigenvalue weighted by molar-refractivity contribution is -0.133. The zero-order valence-electron chi connectivity index (χ0n) is 9.58. The summed E-state index contributed by atoms with van der Waals surface area (Å²) in [5.41, 5.74) is 1.16. The van der Waals surface area contributed by atoms with Crippen molar-refractivity contribution in [1.29, 1.82) is 0 Å². The summed E-state index contributed by atoms with van der Waals surface area (Å²) in [5, 5.41) is 17.3. The Hall–Kier alpha value is -0.760. The first-order chi connectivity index (χ1) is 9.13. The van der Waals surface area contributed by atoms with E-state index < -0.39 is 5.97 Å². The van der Waals surface area contributed by atoms with Gasteiger partial charge in [-0.2, -0.15) is 0 Å². The molecule has 0 aliphatic heterocycles. The number of carboxylic acids is 1. The fraction of sp³-hybridized carbons (Fsp3) is 0.182. The molecule has 0 saturated heterocycles. The van der Waals surface area contributed by atoms with Gasteiger partial charge in [-0.3, -0.25) is 4.79 Å². The third-order valence-corrected chi connectivity index (χ3v) is 5.48. The van der Waals surface area contributed by atoms with Crippen molar-refractivity contribution in [1.82, 2.24) is 10.2 Å². The number of aromatic nitrogens is 2. The van der Waals surface area contributed by atoms with E-state index >= 15 is 0 Å². The van der Waals surface area contributed by atoms with Gasteiger partial charge in [0.05, 0.1) is 5.75 Å². The van der Waals surface area contributed by atoms with Crippen LogP contribution in [-0.2, 0) is 10.5 Å². The molecule has 0 fully saturated rings. The van der Waals surface area contributed by atoms with E-state index in [9.17, 15) is 4.79 Å². The first kappa shape index (κ1) is 14.6. The van der Waals surface area contributed by atoms with Gasteiger partial charge < -0.3 is 5.11 Å². The fourth-order valence-electron chi connectivity index (χ4n) is 1.16. The first-order valence-corrected chi connectivity index (χ1v) is 8.35. The van der Waals surface area contributed by atoms with Gasteiger partial charge in [-0.15, -0.1) is 10.2 Å². The van der Waals surface area contributed by atoms with Gasteiger partial charge in [-0.25, -0.2) is 0 Å². The highest BCUT2D eigenvalue weighted by Gasteiger charge is 2.07. The third kappa shape index (κ3) is 5.02. The molecule has 19 heavy (non-hydrogen) atoms. The molecule has 1 aromatic carbocycles. The standard InChI is InChI=1S/C11H9ClN2O2S3/c12-8-3-1-7(2-4-8)5-17-10-13-14-11(19-10)18-6-9(15)16/h1-4H,5-6H2,(H,15,16). The summed E-state index contributed by atoms with van der Waals surface area (Å²) < 4.78 is 1.52. The number of rotatable bonds is 6. The highest BCUT2D eigenvalue weighted by atomic mass is 35.5. The Morgan fingerprint density at radius 2 is 1.84 bits per heavy atom. The van der Waals surface area contributed by atoms with Crippen LogP contribution < -0.4 is 0 Å². The van der Waals surface area contributed by atoms with Gasteiger partial charge in [0.1, 0.15) is 0 Å². The van der Waals surface area contributed by atoms with Gasteiger partial charge in [0.15, 0.2) is 8.68 Å². The van der Waals surface area contributed by atoms with E-state index in [1.54, 1.807) is 11.8 Å². The summed E-state index contributed by atoms with van der Waals surface area (Å²) in [7, 11) is 0. The molecule has 1 N–H and O–H groups in total. The molecule has 0 aliphatic rings. The molecular formula is C11H9ClN2O2S3. The average molecular weight is 333 g/mol. The molecule has 2 aromatic rings. The minimum Gasteiger partial charge on any atom is -0.481 e. The summed E-state index contributed by atoms with van der Waals surface area (Å²) >= 11 is 9.99. The summed E-state index contributed by atoms with van der Waals surface area (Å²) in [5.74, 6) is -0.0538. The third-order valence-electron chi connectivity index (χ3n) is 1.98. The maximum Gasteiger partial charge on any atom is 0.313 e. The summed E-state index contributed by atoms with van der Waals surface area (Å²) in [6, 6.07) is 7.64. The van der Waals surface area contributed by atoms with E-state index in [1.165, 1.54) is 23.1 Å². The minimum atomic E-state index is -0.851. The lowest BCUT2D eigenvalue weighted by Crippen LogP contribution is -1.96. The number of halogens is 1.